The molecule has 4 heterocycles. The van der Waals surface area contributed by atoms with Crippen molar-refractivity contribution in [1.29, 1.82) is 0 Å². The van der Waals surface area contributed by atoms with Crippen molar-refractivity contribution < 1.29 is 45.9 Å². The Morgan fingerprint density at radius 2 is 1.85 bits per heavy atom. The molecule has 2 N–H and O–H groups in total. The number of amides is 4. The zero-order valence-corrected chi connectivity index (χ0v) is 35.3. The van der Waals surface area contributed by atoms with Crippen LogP contribution in [-0.2, 0) is 29.2 Å². The molecule has 2 aromatic heterocycles. The third-order valence-corrected chi connectivity index (χ3v) is 14.0. The quantitative estimate of drug-likeness (QED) is 0.224. The Labute approximate surface area is 348 Å². The number of methoxy groups -OCH3 is 1. The van der Waals surface area contributed by atoms with Crippen LogP contribution in [0, 0.1) is 24.2 Å². The van der Waals surface area contributed by atoms with Crippen LogP contribution in [0.3, 0.4) is 0 Å². The lowest BCUT2D eigenvalue weighted by Gasteiger charge is -2.37. The molecule has 0 bridgehead atoms. The number of benzene rings is 1. The minimum Gasteiger partial charge on any atom is -0.496 e. The van der Waals surface area contributed by atoms with Crippen LogP contribution in [0.25, 0.3) is 22.3 Å². The van der Waals surface area contributed by atoms with E-state index in [0.29, 0.717) is 46.6 Å². The van der Waals surface area contributed by atoms with Crippen molar-refractivity contribution in [2.24, 2.45) is 17.3 Å². The van der Waals surface area contributed by atoms with E-state index in [0.717, 1.165) is 10.5 Å². The van der Waals surface area contributed by atoms with Crippen molar-refractivity contribution in [3.8, 4) is 22.9 Å². The first kappa shape index (κ1) is 42.9. The summed E-state index contributed by atoms with van der Waals surface area (Å²) < 4.78 is 68.9. The normalized spacial score (nSPS) is 24.4. The van der Waals surface area contributed by atoms with Gasteiger partial charge in [-0.2, -0.15) is 0 Å². The van der Waals surface area contributed by atoms with Gasteiger partial charge >= 0.3 is 0 Å². The van der Waals surface area contributed by atoms with Crippen LogP contribution in [0.1, 0.15) is 71.3 Å². The van der Waals surface area contributed by atoms with E-state index in [9.17, 15) is 36.4 Å². The molecule has 1 aromatic carbocycles. The van der Waals surface area contributed by atoms with Gasteiger partial charge in [-0.05, 0) is 62.3 Å². The highest BCUT2D eigenvalue weighted by atomic mass is 32.2. The number of hydrogen-bond donors (Lipinski definition) is 2. The number of likely N-dealkylation sites (tertiary alicyclic amines) is 2. The van der Waals surface area contributed by atoms with Gasteiger partial charge in [-0.3, -0.25) is 28.9 Å². The summed E-state index contributed by atoms with van der Waals surface area (Å²) in [6.07, 6.45) is 2.64. The lowest BCUT2D eigenvalue weighted by Crippen LogP contribution is -2.57. The van der Waals surface area contributed by atoms with E-state index in [1.54, 1.807) is 64.4 Å². The highest BCUT2D eigenvalue weighted by molar-refractivity contribution is 7.91. The van der Waals surface area contributed by atoms with Crippen LogP contribution in [-0.4, -0.2) is 107 Å². The van der Waals surface area contributed by atoms with Gasteiger partial charge in [0, 0.05) is 54.9 Å². The second kappa shape index (κ2) is 16.0. The molecule has 322 valence electrons. The van der Waals surface area contributed by atoms with Gasteiger partial charge in [-0.1, -0.05) is 32.9 Å². The Morgan fingerprint density at radius 1 is 1.10 bits per heavy atom. The van der Waals surface area contributed by atoms with Crippen molar-refractivity contribution >= 4 is 44.6 Å². The Morgan fingerprint density at radius 3 is 2.47 bits per heavy atom. The van der Waals surface area contributed by atoms with Gasteiger partial charge in [-0.25, -0.2) is 22.2 Å². The summed E-state index contributed by atoms with van der Waals surface area (Å²) >= 11 is 0. The van der Waals surface area contributed by atoms with E-state index in [2.05, 4.69) is 21.6 Å². The summed E-state index contributed by atoms with van der Waals surface area (Å²) in [5, 5.41) is 2.74. The highest BCUT2D eigenvalue weighted by Crippen LogP contribution is 2.46. The topological polar surface area (TPSA) is 177 Å². The molecule has 2 aliphatic carbocycles. The number of fused-ring (bicyclic) bond motifs is 1. The van der Waals surface area contributed by atoms with Gasteiger partial charge in [0.05, 0.1) is 48.3 Å². The number of aryl methyl sites for hydroxylation is 1. The molecule has 0 spiro atoms. The Hall–Kier alpha value is -5.19. The van der Waals surface area contributed by atoms with E-state index >= 15 is 0 Å². The number of carbonyl (C=O) groups is 4. The first-order valence-electron chi connectivity index (χ1n) is 20.3. The van der Waals surface area contributed by atoms with Crippen LogP contribution >= 0.6 is 0 Å². The van der Waals surface area contributed by atoms with Gasteiger partial charge in [0.2, 0.25) is 27.7 Å². The lowest BCUT2D eigenvalue weighted by molar-refractivity contribution is -0.151. The number of nitrogens with one attached hydrogen (secondary N) is 2. The largest absolute Gasteiger partial charge is 0.496 e. The molecular formula is C43H52F2N6O8S. The van der Waals surface area contributed by atoms with Gasteiger partial charge in [0.15, 0.2) is 0 Å². The number of piperidine rings is 1. The van der Waals surface area contributed by atoms with E-state index in [-0.39, 0.29) is 45.2 Å². The number of carbonyl (C=O) groups excluding carboxylic acids is 4. The van der Waals surface area contributed by atoms with E-state index < -0.39 is 86.3 Å². The fraction of sp³-hybridized carbons (Fsp3) is 0.535. The van der Waals surface area contributed by atoms with Crippen molar-refractivity contribution in [1.82, 2.24) is 29.8 Å². The number of pyridine rings is 2. The molecule has 4 fully saturated rings. The summed E-state index contributed by atoms with van der Waals surface area (Å²) in [6, 6.07) is 9.51. The Kier molecular flexibility index (Phi) is 11.5. The van der Waals surface area contributed by atoms with Crippen molar-refractivity contribution in [2.75, 3.05) is 26.7 Å². The SMILES string of the molecule is C=C[C@@H]1C[C@]1(NC(=O)[C@@H]1C[C@@H](Oc2cc(-c3ccccn3)nc3c(C)c(OC)ccc23)CN1C(=O)[C@@H](CC(=O)N1CCCC(F)(F)C1)C(C)(C)C)C(=O)NS(=O)(=O)C1CC1. The smallest absolute Gasteiger partial charge is 0.265 e. The fourth-order valence-corrected chi connectivity index (χ4v) is 9.73. The van der Waals surface area contributed by atoms with Crippen molar-refractivity contribution in [3.05, 3.63) is 60.8 Å². The fourth-order valence-electron chi connectivity index (χ4n) is 8.36. The van der Waals surface area contributed by atoms with Gasteiger partial charge in [0.25, 0.3) is 11.8 Å². The third-order valence-electron chi connectivity index (χ3n) is 12.2. The summed E-state index contributed by atoms with van der Waals surface area (Å²) in [6.45, 7) is 10.2. The molecule has 4 amide bonds. The van der Waals surface area contributed by atoms with Crippen LogP contribution < -0.4 is 19.5 Å². The standard InChI is InChI=1S/C43H52F2N6O8S/c1-7-26-22-43(26,40(55)49-60(56,57)28-12-13-28)48-38(53)33-19-27(23-51(33)39(54)30(41(3,4)5)20-36(52)50-18-10-16-42(44,45)24-50)59-35-21-32(31-11-8-9-17-46-31)47-37-25(2)34(58-6)15-14-29(35)37/h7-9,11,14-15,17,21,26-28,30,33H,1,10,12-13,16,18-20,22-24H2,2-6H3,(H,48,53)(H,49,55)/t26-,27-,30-,33+,43-/m1/s1. The summed E-state index contributed by atoms with van der Waals surface area (Å²) in [7, 11) is -2.40. The molecule has 2 saturated carbocycles. The second-order valence-corrected chi connectivity index (χ2v) is 19.5. The maximum atomic E-state index is 14.9. The Balaban J connectivity index is 1.23. The van der Waals surface area contributed by atoms with Crippen LogP contribution in [0.15, 0.2) is 55.3 Å². The third kappa shape index (κ3) is 8.68. The monoisotopic (exact) mass is 850 g/mol. The summed E-state index contributed by atoms with van der Waals surface area (Å²) in [5.41, 5.74) is -0.0741. The molecule has 7 rings (SSSR count). The average Bonchev–Trinajstić information content (AvgIpc) is 4.13. The van der Waals surface area contributed by atoms with E-state index in [4.69, 9.17) is 14.5 Å². The maximum Gasteiger partial charge on any atom is 0.265 e. The van der Waals surface area contributed by atoms with E-state index in [1.165, 1.54) is 11.0 Å². The second-order valence-electron chi connectivity index (χ2n) is 17.6. The lowest BCUT2D eigenvalue weighted by atomic mass is 9.77. The molecular weight excluding hydrogens is 799 g/mol. The molecule has 4 aliphatic rings. The van der Waals surface area contributed by atoms with Crippen molar-refractivity contribution in [3.63, 3.8) is 0 Å². The summed E-state index contributed by atoms with van der Waals surface area (Å²) in [5.74, 6) is -6.42. The van der Waals surface area contributed by atoms with Crippen LogP contribution in [0.5, 0.6) is 11.5 Å². The number of aromatic nitrogens is 2. The zero-order chi connectivity index (χ0) is 43.4. The number of hydrogen-bond acceptors (Lipinski definition) is 10. The molecule has 2 aliphatic heterocycles. The molecule has 0 unspecified atom stereocenters. The molecule has 2 saturated heterocycles. The van der Waals surface area contributed by atoms with Gasteiger partial charge in [0.1, 0.15) is 29.2 Å². The van der Waals surface area contributed by atoms with Gasteiger partial charge in [-0.15, -0.1) is 6.58 Å². The number of alkyl halides is 2. The average molecular weight is 851 g/mol. The summed E-state index contributed by atoms with van der Waals surface area (Å²) in [4.78, 5) is 68.5. The first-order chi connectivity index (χ1) is 28.3. The molecule has 5 atom stereocenters. The number of halogens is 2. The maximum absolute atomic E-state index is 14.9. The predicted octanol–water partition coefficient (Wildman–Crippen LogP) is 4.94. The number of sulfonamides is 1. The van der Waals surface area contributed by atoms with Crippen molar-refractivity contribution in [2.45, 2.75) is 101 Å². The molecule has 0 radical (unpaired) electrons. The number of ether oxygens (including phenoxy) is 2. The molecule has 3 aromatic rings. The predicted molar refractivity (Wildman–Crippen MR) is 218 cm³/mol. The highest BCUT2D eigenvalue weighted by Gasteiger charge is 2.62. The molecule has 17 heteroatoms. The minimum atomic E-state index is -3.96. The zero-order valence-electron chi connectivity index (χ0n) is 34.5. The van der Waals surface area contributed by atoms with Crippen LogP contribution in [0.4, 0.5) is 8.78 Å². The number of nitrogens with zero attached hydrogens (tertiary/aromatic N) is 4. The molecule has 60 heavy (non-hydrogen) atoms. The number of rotatable bonds is 13. The van der Waals surface area contributed by atoms with Crippen LogP contribution in [0.2, 0.25) is 0 Å². The van der Waals surface area contributed by atoms with Gasteiger partial charge < -0.3 is 24.6 Å². The first-order valence-corrected chi connectivity index (χ1v) is 21.8. The molecule has 14 nitrogen and oxygen atoms in total. The Bertz CT molecular complexity index is 2320. The minimum absolute atomic E-state index is 0.0462. The van der Waals surface area contributed by atoms with E-state index in [1.807, 2.05) is 13.0 Å².